The maximum absolute atomic E-state index is 4.30. The highest BCUT2D eigenvalue weighted by Crippen LogP contribution is 2.42. The Morgan fingerprint density at radius 1 is 1.42 bits per heavy atom. The average molecular weight is 263 g/mol. The number of rotatable bonds is 4. The molecule has 1 N–H and O–H groups in total. The summed E-state index contributed by atoms with van der Waals surface area (Å²) in [5.74, 6) is 1.62. The van der Waals surface area contributed by atoms with E-state index in [1.54, 1.807) is 0 Å². The van der Waals surface area contributed by atoms with Crippen LogP contribution < -0.4 is 5.32 Å². The molecule has 19 heavy (non-hydrogen) atoms. The Hall–Kier alpha value is -0.830. The molecule has 1 aromatic heterocycles. The molecule has 0 aromatic carbocycles. The molecule has 108 valence electrons. The third kappa shape index (κ3) is 3.38. The van der Waals surface area contributed by atoms with Crippen LogP contribution in [0, 0.1) is 17.3 Å². The Labute approximate surface area is 117 Å². The van der Waals surface area contributed by atoms with E-state index < -0.39 is 0 Å². The molecule has 2 rings (SSSR count). The van der Waals surface area contributed by atoms with E-state index in [0.717, 1.165) is 18.3 Å². The van der Waals surface area contributed by atoms with Gasteiger partial charge < -0.3 is 5.32 Å². The van der Waals surface area contributed by atoms with E-state index in [1.807, 2.05) is 17.9 Å². The van der Waals surface area contributed by atoms with E-state index in [9.17, 15) is 0 Å². The Kier molecular flexibility index (Phi) is 4.34. The number of aromatic nitrogens is 2. The van der Waals surface area contributed by atoms with Gasteiger partial charge in [0.2, 0.25) is 0 Å². The van der Waals surface area contributed by atoms with E-state index in [2.05, 4.69) is 44.4 Å². The normalized spacial score (nSPS) is 28.6. The van der Waals surface area contributed by atoms with Gasteiger partial charge in [0, 0.05) is 19.3 Å². The van der Waals surface area contributed by atoms with Crippen molar-refractivity contribution < 1.29 is 0 Å². The molecule has 0 bridgehead atoms. The van der Waals surface area contributed by atoms with Crippen LogP contribution in [-0.2, 0) is 13.5 Å². The summed E-state index contributed by atoms with van der Waals surface area (Å²) in [4.78, 5) is 0. The Bertz CT molecular complexity index is 408. The fourth-order valence-corrected chi connectivity index (χ4v) is 3.86. The predicted octanol–water partition coefficient (Wildman–Crippen LogP) is 3.01. The molecule has 1 heterocycles. The number of aryl methyl sites for hydroxylation is 1. The van der Waals surface area contributed by atoms with Crippen LogP contribution in [0.2, 0.25) is 0 Å². The number of hydrogen-bond donors (Lipinski definition) is 1. The molecule has 1 aromatic rings. The minimum absolute atomic E-state index is 0.330. The van der Waals surface area contributed by atoms with Gasteiger partial charge >= 0.3 is 0 Å². The van der Waals surface area contributed by atoms with Crippen molar-refractivity contribution in [1.29, 1.82) is 0 Å². The first-order valence-electron chi connectivity index (χ1n) is 7.57. The van der Waals surface area contributed by atoms with Crippen LogP contribution in [0.1, 0.15) is 45.6 Å². The van der Waals surface area contributed by atoms with E-state index in [4.69, 9.17) is 0 Å². The molecule has 1 aliphatic rings. The largest absolute Gasteiger partial charge is 0.317 e. The van der Waals surface area contributed by atoms with Crippen LogP contribution in [0.5, 0.6) is 0 Å². The summed E-state index contributed by atoms with van der Waals surface area (Å²) in [7, 11) is 4.12. The molecule has 1 saturated carbocycles. The Morgan fingerprint density at radius 2 is 2.16 bits per heavy atom. The number of hydrogen-bond acceptors (Lipinski definition) is 2. The molecular weight excluding hydrogens is 234 g/mol. The van der Waals surface area contributed by atoms with Crippen molar-refractivity contribution in [2.24, 2.45) is 24.3 Å². The van der Waals surface area contributed by atoms with Gasteiger partial charge in [-0.2, -0.15) is 5.10 Å². The first-order chi connectivity index (χ1) is 8.92. The van der Waals surface area contributed by atoms with Crippen LogP contribution in [0.15, 0.2) is 12.4 Å². The van der Waals surface area contributed by atoms with Gasteiger partial charge in [0.15, 0.2) is 0 Å². The summed E-state index contributed by atoms with van der Waals surface area (Å²) in [5.41, 5.74) is 1.69. The summed E-state index contributed by atoms with van der Waals surface area (Å²) in [5, 5.41) is 7.86. The van der Waals surface area contributed by atoms with Gasteiger partial charge in [-0.3, -0.25) is 4.68 Å². The lowest BCUT2D eigenvalue weighted by atomic mass is 9.64. The van der Waals surface area contributed by atoms with Crippen LogP contribution in [0.25, 0.3) is 0 Å². The molecule has 0 spiro atoms. The molecule has 3 nitrogen and oxygen atoms in total. The van der Waals surface area contributed by atoms with Gasteiger partial charge in [0.25, 0.3) is 0 Å². The zero-order chi connectivity index (χ0) is 14.0. The van der Waals surface area contributed by atoms with Crippen molar-refractivity contribution in [3.05, 3.63) is 18.0 Å². The lowest BCUT2D eigenvalue weighted by Gasteiger charge is -2.44. The number of nitrogens with one attached hydrogen (secondary N) is 1. The third-order valence-electron chi connectivity index (χ3n) is 4.91. The monoisotopic (exact) mass is 263 g/mol. The topological polar surface area (TPSA) is 29.9 Å². The quantitative estimate of drug-likeness (QED) is 0.905. The summed E-state index contributed by atoms with van der Waals surface area (Å²) in [6.07, 6.45) is 9.33. The van der Waals surface area contributed by atoms with Gasteiger partial charge in [-0.25, -0.2) is 0 Å². The van der Waals surface area contributed by atoms with Crippen molar-refractivity contribution in [3.63, 3.8) is 0 Å². The minimum atomic E-state index is 0.330. The van der Waals surface area contributed by atoms with Crippen LogP contribution >= 0.6 is 0 Å². The molecule has 1 fully saturated rings. The van der Waals surface area contributed by atoms with Crippen molar-refractivity contribution in [1.82, 2.24) is 15.1 Å². The van der Waals surface area contributed by atoms with Crippen molar-refractivity contribution >= 4 is 0 Å². The second kappa shape index (κ2) is 5.66. The highest BCUT2D eigenvalue weighted by molar-refractivity contribution is 5.08. The fourth-order valence-electron chi connectivity index (χ4n) is 3.86. The lowest BCUT2D eigenvalue weighted by Crippen LogP contribution is -2.46. The third-order valence-corrected chi connectivity index (χ3v) is 4.91. The summed E-state index contributed by atoms with van der Waals surface area (Å²) < 4.78 is 1.91. The second-order valence-electron chi connectivity index (χ2n) is 7.11. The molecule has 3 atom stereocenters. The minimum Gasteiger partial charge on any atom is -0.317 e. The van der Waals surface area contributed by atoms with E-state index in [-0.39, 0.29) is 0 Å². The second-order valence-corrected chi connectivity index (χ2v) is 7.11. The van der Waals surface area contributed by atoms with Gasteiger partial charge in [-0.1, -0.05) is 27.2 Å². The maximum atomic E-state index is 4.30. The zero-order valence-corrected chi connectivity index (χ0v) is 13.1. The van der Waals surface area contributed by atoms with Crippen molar-refractivity contribution in [3.8, 4) is 0 Å². The summed E-state index contributed by atoms with van der Waals surface area (Å²) in [6.45, 7) is 7.23. The molecule has 3 unspecified atom stereocenters. The van der Waals surface area contributed by atoms with Gasteiger partial charge in [0.1, 0.15) is 0 Å². The van der Waals surface area contributed by atoms with Crippen LogP contribution in [0.3, 0.4) is 0 Å². The molecule has 0 amide bonds. The molecule has 0 radical (unpaired) electrons. The van der Waals surface area contributed by atoms with E-state index >= 15 is 0 Å². The standard InChI is InChI=1S/C16H29N3/c1-12-6-7-14(15(8-12)17-4)16(2,3)9-13-10-18-19(5)11-13/h10-12,14-15,17H,6-9H2,1-5H3. The first-order valence-corrected chi connectivity index (χ1v) is 7.57. The summed E-state index contributed by atoms with van der Waals surface area (Å²) in [6, 6.07) is 0.662. The Morgan fingerprint density at radius 3 is 2.74 bits per heavy atom. The van der Waals surface area contributed by atoms with E-state index in [1.165, 1.54) is 24.8 Å². The zero-order valence-electron chi connectivity index (χ0n) is 13.1. The molecule has 0 saturated heterocycles. The van der Waals surface area contributed by atoms with Crippen molar-refractivity contribution in [2.75, 3.05) is 7.05 Å². The van der Waals surface area contributed by atoms with Gasteiger partial charge in [-0.05, 0) is 49.1 Å². The lowest BCUT2D eigenvalue weighted by molar-refractivity contribution is 0.0980. The van der Waals surface area contributed by atoms with E-state index in [0.29, 0.717) is 11.5 Å². The van der Waals surface area contributed by atoms with Gasteiger partial charge in [0.05, 0.1) is 6.20 Å². The van der Waals surface area contributed by atoms with Crippen LogP contribution in [0.4, 0.5) is 0 Å². The van der Waals surface area contributed by atoms with Gasteiger partial charge in [-0.15, -0.1) is 0 Å². The average Bonchev–Trinajstić information content (AvgIpc) is 2.73. The maximum Gasteiger partial charge on any atom is 0.0521 e. The van der Waals surface area contributed by atoms with Crippen molar-refractivity contribution in [2.45, 2.75) is 52.5 Å². The fraction of sp³-hybridized carbons (Fsp3) is 0.812. The smallest absolute Gasteiger partial charge is 0.0521 e. The molecule has 3 heteroatoms. The molecule has 0 aliphatic heterocycles. The first kappa shape index (κ1) is 14.6. The molecular formula is C16H29N3. The molecule has 1 aliphatic carbocycles. The highest BCUT2D eigenvalue weighted by Gasteiger charge is 2.38. The predicted molar refractivity (Wildman–Crippen MR) is 80.0 cm³/mol. The Balaban J connectivity index is 2.09. The van der Waals surface area contributed by atoms with Crippen LogP contribution in [-0.4, -0.2) is 22.9 Å². The number of nitrogens with zero attached hydrogens (tertiary/aromatic N) is 2. The summed E-state index contributed by atoms with van der Waals surface area (Å²) >= 11 is 0. The highest BCUT2D eigenvalue weighted by atomic mass is 15.2. The SMILES string of the molecule is CNC1CC(C)CCC1C(C)(C)Cc1cnn(C)c1.